The van der Waals surface area contributed by atoms with Crippen molar-refractivity contribution in [3.8, 4) is 0 Å². The molecular formula is C10H14ClN3O. The van der Waals surface area contributed by atoms with Crippen LogP contribution in [0.4, 0.5) is 5.69 Å². The molecule has 1 saturated heterocycles. The average Bonchev–Trinajstić information content (AvgIpc) is 2.14. The minimum absolute atomic E-state index is 0. The number of hydrogen-bond acceptors (Lipinski definition) is 3. The Balaban J connectivity index is 0.00000112. The SMILES string of the molecule is Cl.O=C(NNc1ccccc1)C1CNC1. The van der Waals surface area contributed by atoms with Gasteiger partial charge in [-0.25, -0.2) is 0 Å². The van der Waals surface area contributed by atoms with E-state index in [4.69, 9.17) is 0 Å². The first kappa shape index (κ1) is 11.8. The third-order valence-corrected chi connectivity index (χ3v) is 2.26. The smallest absolute Gasteiger partial charge is 0.243 e. The van der Waals surface area contributed by atoms with Crippen LogP contribution < -0.4 is 16.2 Å². The number of para-hydroxylation sites is 1. The van der Waals surface area contributed by atoms with Crippen molar-refractivity contribution in [3.63, 3.8) is 0 Å². The molecule has 0 aromatic heterocycles. The van der Waals surface area contributed by atoms with E-state index >= 15 is 0 Å². The number of carbonyl (C=O) groups excluding carboxylic acids is 1. The molecule has 1 aliphatic rings. The number of rotatable bonds is 3. The Kier molecular flexibility index (Phi) is 4.39. The second-order valence-corrected chi connectivity index (χ2v) is 3.34. The van der Waals surface area contributed by atoms with Crippen molar-refractivity contribution >= 4 is 24.0 Å². The lowest BCUT2D eigenvalue weighted by Gasteiger charge is -2.25. The second kappa shape index (κ2) is 5.58. The Morgan fingerprint density at radius 3 is 2.47 bits per heavy atom. The van der Waals surface area contributed by atoms with Crippen LogP contribution in [0.1, 0.15) is 0 Å². The largest absolute Gasteiger partial charge is 0.315 e. The molecule has 1 amide bonds. The first-order chi connectivity index (χ1) is 6.86. The average molecular weight is 228 g/mol. The second-order valence-electron chi connectivity index (χ2n) is 3.34. The number of nitrogens with one attached hydrogen (secondary N) is 3. The zero-order valence-corrected chi connectivity index (χ0v) is 9.01. The van der Waals surface area contributed by atoms with E-state index in [1.165, 1.54) is 0 Å². The van der Waals surface area contributed by atoms with Crippen LogP contribution in [0.3, 0.4) is 0 Å². The molecule has 0 radical (unpaired) electrons. The number of amides is 1. The van der Waals surface area contributed by atoms with Gasteiger partial charge < -0.3 is 5.32 Å². The summed E-state index contributed by atoms with van der Waals surface area (Å²) in [6.45, 7) is 1.56. The fourth-order valence-corrected chi connectivity index (χ4v) is 1.23. The maximum atomic E-state index is 11.4. The lowest BCUT2D eigenvalue weighted by atomic mass is 10.0. The van der Waals surface area contributed by atoms with Crippen LogP contribution in [0.2, 0.25) is 0 Å². The minimum Gasteiger partial charge on any atom is -0.315 e. The quantitative estimate of drug-likeness (QED) is 0.669. The van der Waals surface area contributed by atoms with E-state index in [1.807, 2.05) is 30.3 Å². The molecule has 1 aliphatic heterocycles. The van der Waals surface area contributed by atoms with Crippen LogP contribution >= 0.6 is 12.4 Å². The molecule has 0 unspecified atom stereocenters. The zero-order valence-electron chi connectivity index (χ0n) is 8.19. The van der Waals surface area contributed by atoms with Crippen LogP contribution in [0.5, 0.6) is 0 Å². The van der Waals surface area contributed by atoms with Crippen molar-refractivity contribution in [2.75, 3.05) is 18.5 Å². The van der Waals surface area contributed by atoms with Crippen molar-refractivity contribution in [2.24, 2.45) is 5.92 Å². The molecule has 0 spiro atoms. The third-order valence-electron chi connectivity index (χ3n) is 2.26. The molecule has 15 heavy (non-hydrogen) atoms. The summed E-state index contributed by atoms with van der Waals surface area (Å²) in [6.07, 6.45) is 0. The maximum absolute atomic E-state index is 11.4. The van der Waals surface area contributed by atoms with Crippen LogP contribution in [-0.2, 0) is 4.79 Å². The summed E-state index contributed by atoms with van der Waals surface area (Å²) < 4.78 is 0. The highest BCUT2D eigenvalue weighted by Gasteiger charge is 2.24. The molecule has 1 aromatic rings. The van der Waals surface area contributed by atoms with Gasteiger partial charge in [0, 0.05) is 13.1 Å². The Labute approximate surface area is 94.8 Å². The molecule has 3 N–H and O–H groups in total. The summed E-state index contributed by atoms with van der Waals surface area (Å²) in [5.41, 5.74) is 6.43. The topological polar surface area (TPSA) is 53.2 Å². The number of carbonyl (C=O) groups is 1. The van der Waals surface area contributed by atoms with Gasteiger partial charge in [0.15, 0.2) is 0 Å². The molecule has 0 bridgehead atoms. The van der Waals surface area contributed by atoms with Gasteiger partial charge in [0.25, 0.3) is 0 Å². The van der Waals surface area contributed by atoms with Crippen molar-refractivity contribution in [1.82, 2.24) is 10.7 Å². The summed E-state index contributed by atoms with van der Waals surface area (Å²) in [4.78, 5) is 11.4. The van der Waals surface area contributed by atoms with Crippen molar-refractivity contribution in [1.29, 1.82) is 0 Å². The molecule has 0 aliphatic carbocycles. The first-order valence-electron chi connectivity index (χ1n) is 4.68. The van der Waals surface area contributed by atoms with E-state index in [2.05, 4.69) is 16.2 Å². The first-order valence-corrected chi connectivity index (χ1v) is 4.68. The number of anilines is 1. The lowest BCUT2D eigenvalue weighted by molar-refractivity contribution is -0.125. The molecule has 82 valence electrons. The molecule has 0 atom stereocenters. The monoisotopic (exact) mass is 227 g/mol. The summed E-state index contributed by atoms with van der Waals surface area (Å²) in [6, 6.07) is 9.57. The summed E-state index contributed by atoms with van der Waals surface area (Å²) in [5, 5.41) is 3.05. The van der Waals surface area contributed by atoms with Gasteiger partial charge in [-0.3, -0.25) is 15.6 Å². The van der Waals surface area contributed by atoms with Crippen molar-refractivity contribution < 1.29 is 4.79 Å². The summed E-state index contributed by atoms with van der Waals surface area (Å²) in [7, 11) is 0. The molecule has 1 fully saturated rings. The van der Waals surface area contributed by atoms with E-state index in [9.17, 15) is 4.79 Å². The van der Waals surface area contributed by atoms with Gasteiger partial charge in [-0.05, 0) is 12.1 Å². The van der Waals surface area contributed by atoms with E-state index < -0.39 is 0 Å². The van der Waals surface area contributed by atoms with Crippen LogP contribution in [0.15, 0.2) is 30.3 Å². The molecule has 4 nitrogen and oxygen atoms in total. The molecule has 2 rings (SSSR count). The minimum atomic E-state index is 0. The van der Waals surface area contributed by atoms with Crippen molar-refractivity contribution in [3.05, 3.63) is 30.3 Å². The van der Waals surface area contributed by atoms with E-state index in [0.29, 0.717) is 0 Å². The van der Waals surface area contributed by atoms with Gasteiger partial charge in [0.2, 0.25) is 5.91 Å². The fourth-order valence-electron chi connectivity index (χ4n) is 1.23. The van der Waals surface area contributed by atoms with Gasteiger partial charge in [-0.15, -0.1) is 12.4 Å². The Morgan fingerprint density at radius 1 is 1.27 bits per heavy atom. The standard InChI is InChI=1S/C10H13N3O.ClH/c14-10(8-6-11-7-8)13-12-9-4-2-1-3-5-9;/h1-5,8,11-12H,6-7H2,(H,13,14);1H. The number of halogens is 1. The third kappa shape index (κ3) is 3.11. The Morgan fingerprint density at radius 2 is 1.93 bits per heavy atom. The highest BCUT2D eigenvalue weighted by molar-refractivity contribution is 5.85. The maximum Gasteiger partial charge on any atom is 0.243 e. The fraction of sp³-hybridized carbons (Fsp3) is 0.300. The van der Waals surface area contributed by atoms with E-state index in [-0.39, 0.29) is 24.2 Å². The van der Waals surface area contributed by atoms with Crippen LogP contribution in [0.25, 0.3) is 0 Å². The number of benzene rings is 1. The molecular weight excluding hydrogens is 214 g/mol. The highest BCUT2D eigenvalue weighted by atomic mass is 35.5. The Hall–Kier alpha value is -1.26. The van der Waals surface area contributed by atoms with Gasteiger partial charge in [0.05, 0.1) is 11.6 Å². The zero-order chi connectivity index (χ0) is 9.80. The molecule has 1 heterocycles. The van der Waals surface area contributed by atoms with Crippen molar-refractivity contribution in [2.45, 2.75) is 0 Å². The van der Waals surface area contributed by atoms with Crippen LogP contribution in [-0.4, -0.2) is 19.0 Å². The lowest BCUT2D eigenvalue weighted by Crippen LogP contribution is -2.51. The summed E-state index contributed by atoms with van der Waals surface area (Å²) in [5.74, 6) is 0.166. The highest BCUT2D eigenvalue weighted by Crippen LogP contribution is 2.05. The number of hydrazine groups is 1. The van der Waals surface area contributed by atoms with E-state index in [0.717, 1.165) is 18.8 Å². The summed E-state index contributed by atoms with van der Waals surface area (Å²) >= 11 is 0. The van der Waals surface area contributed by atoms with Gasteiger partial charge in [-0.2, -0.15) is 0 Å². The molecule has 0 saturated carbocycles. The van der Waals surface area contributed by atoms with Gasteiger partial charge in [0.1, 0.15) is 0 Å². The van der Waals surface area contributed by atoms with Gasteiger partial charge >= 0.3 is 0 Å². The molecule has 1 aromatic carbocycles. The van der Waals surface area contributed by atoms with Gasteiger partial charge in [-0.1, -0.05) is 18.2 Å². The predicted molar refractivity (Wildman–Crippen MR) is 61.8 cm³/mol. The van der Waals surface area contributed by atoms with Crippen LogP contribution in [0, 0.1) is 5.92 Å². The normalized spacial score (nSPS) is 14.7. The van der Waals surface area contributed by atoms with E-state index in [1.54, 1.807) is 0 Å². The Bertz CT molecular complexity index is 314. The number of hydrogen-bond donors (Lipinski definition) is 3. The molecule has 5 heteroatoms. The predicted octanol–water partition coefficient (Wildman–Crippen LogP) is 0.771.